The van der Waals surface area contributed by atoms with Gasteiger partial charge in [0.2, 0.25) is 0 Å². The van der Waals surface area contributed by atoms with Gasteiger partial charge in [-0.3, -0.25) is 0 Å². The van der Waals surface area contributed by atoms with Crippen molar-refractivity contribution < 1.29 is 8.78 Å². The Morgan fingerprint density at radius 2 is 1.93 bits per heavy atom. The molecule has 1 rings (SSSR count). The van der Waals surface area contributed by atoms with Crippen molar-refractivity contribution in [3.05, 3.63) is 35.4 Å². The lowest BCUT2D eigenvalue weighted by atomic mass is 9.86. The maximum atomic E-state index is 13.2. The molecule has 0 radical (unpaired) electrons. The van der Waals surface area contributed by atoms with Gasteiger partial charge in [-0.15, -0.1) is 0 Å². The van der Waals surface area contributed by atoms with Crippen molar-refractivity contribution in [3.8, 4) is 0 Å². The third kappa shape index (κ3) is 2.77. The zero-order valence-electron chi connectivity index (χ0n) is 8.48. The Kier molecular flexibility index (Phi) is 3.21. The van der Waals surface area contributed by atoms with Gasteiger partial charge in [-0.25, -0.2) is 8.78 Å². The second-order valence-electron chi connectivity index (χ2n) is 4.28. The summed E-state index contributed by atoms with van der Waals surface area (Å²) in [5.41, 5.74) is 5.72. The van der Waals surface area contributed by atoms with Crippen LogP contribution < -0.4 is 5.73 Å². The van der Waals surface area contributed by atoms with Crippen molar-refractivity contribution >= 4 is 0 Å². The number of hydrogen-bond acceptors (Lipinski definition) is 1. The Bertz CT molecular complexity index is 321. The van der Waals surface area contributed by atoms with Gasteiger partial charge < -0.3 is 5.73 Å². The number of benzene rings is 1. The first-order valence-corrected chi connectivity index (χ1v) is 4.58. The van der Waals surface area contributed by atoms with E-state index in [9.17, 15) is 8.78 Å². The van der Waals surface area contributed by atoms with E-state index in [-0.39, 0.29) is 11.2 Å². The first-order chi connectivity index (χ1) is 6.44. The van der Waals surface area contributed by atoms with Gasteiger partial charge in [0.15, 0.2) is 0 Å². The predicted molar refractivity (Wildman–Crippen MR) is 52.9 cm³/mol. The van der Waals surface area contributed by atoms with Crippen LogP contribution >= 0.6 is 0 Å². The third-order valence-electron chi connectivity index (χ3n) is 2.23. The van der Waals surface area contributed by atoms with Gasteiger partial charge in [-0.2, -0.15) is 0 Å². The number of hydrogen-bond donors (Lipinski definition) is 1. The van der Waals surface area contributed by atoms with Gasteiger partial charge in [0.05, 0.1) is 0 Å². The molecule has 0 unspecified atom stereocenters. The van der Waals surface area contributed by atoms with Crippen LogP contribution in [-0.4, -0.2) is 6.54 Å². The summed E-state index contributed by atoms with van der Waals surface area (Å²) < 4.78 is 26.1. The number of nitrogens with two attached hydrogens (primary N) is 1. The molecule has 1 nitrogen and oxygen atoms in total. The van der Waals surface area contributed by atoms with Crippen LogP contribution in [0.2, 0.25) is 0 Å². The quantitative estimate of drug-likeness (QED) is 0.795. The Hall–Kier alpha value is -0.960. The molecule has 0 bridgehead atoms. The molecule has 1 aromatic carbocycles. The standard InChI is InChI=1S/C11H15F2N/c1-11(2,7-14)6-8-5-9(12)3-4-10(8)13/h3-5H,6-7,14H2,1-2H3. The fraction of sp³-hybridized carbons (Fsp3) is 0.455. The van der Waals surface area contributed by atoms with E-state index in [1.807, 2.05) is 13.8 Å². The van der Waals surface area contributed by atoms with Crippen LogP contribution in [0.1, 0.15) is 19.4 Å². The fourth-order valence-corrected chi connectivity index (χ4v) is 1.27. The topological polar surface area (TPSA) is 26.0 Å². The molecule has 1 aromatic rings. The summed E-state index contributed by atoms with van der Waals surface area (Å²) >= 11 is 0. The van der Waals surface area contributed by atoms with Crippen LogP contribution in [0.4, 0.5) is 8.78 Å². The van der Waals surface area contributed by atoms with E-state index >= 15 is 0 Å². The number of rotatable bonds is 3. The minimum absolute atomic E-state index is 0.200. The van der Waals surface area contributed by atoms with E-state index in [0.29, 0.717) is 18.5 Å². The Morgan fingerprint density at radius 3 is 2.50 bits per heavy atom. The minimum atomic E-state index is -0.408. The molecule has 2 N–H and O–H groups in total. The Balaban J connectivity index is 2.91. The monoisotopic (exact) mass is 199 g/mol. The molecule has 14 heavy (non-hydrogen) atoms. The van der Waals surface area contributed by atoms with Gasteiger partial charge in [-0.1, -0.05) is 13.8 Å². The molecule has 0 spiro atoms. The Morgan fingerprint density at radius 1 is 1.29 bits per heavy atom. The third-order valence-corrected chi connectivity index (χ3v) is 2.23. The summed E-state index contributed by atoms with van der Waals surface area (Å²) in [7, 11) is 0. The van der Waals surface area contributed by atoms with Crippen molar-refractivity contribution in [3.63, 3.8) is 0 Å². The van der Waals surface area contributed by atoms with Gasteiger partial charge in [0.25, 0.3) is 0 Å². The summed E-state index contributed by atoms with van der Waals surface area (Å²) in [4.78, 5) is 0. The van der Waals surface area contributed by atoms with Gasteiger partial charge in [0, 0.05) is 0 Å². The summed E-state index contributed by atoms with van der Waals surface area (Å²) in [6.07, 6.45) is 0.451. The lowest BCUT2D eigenvalue weighted by Crippen LogP contribution is -2.26. The molecule has 0 amide bonds. The summed E-state index contributed by atoms with van der Waals surface area (Å²) in [5.74, 6) is -0.776. The molecular formula is C11H15F2N. The molecule has 0 aliphatic carbocycles. The van der Waals surface area contributed by atoms with Crippen LogP contribution in [0.5, 0.6) is 0 Å². The van der Waals surface area contributed by atoms with Crippen molar-refractivity contribution in [2.75, 3.05) is 6.54 Å². The number of halogens is 2. The molecule has 0 aromatic heterocycles. The molecular weight excluding hydrogens is 184 g/mol. The average molecular weight is 199 g/mol. The maximum Gasteiger partial charge on any atom is 0.126 e. The second kappa shape index (κ2) is 4.05. The van der Waals surface area contributed by atoms with Crippen LogP contribution in [0.15, 0.2) is 18.2 Å². The second-order valence-corrected chi connectivity index (χ2v) is 4.28. The van der Waals surface area contributed by atoms with Crippen LogP contribution in [0.25, 0.3) is 0 Å². The summed E-state index contributed by atoms with van der Waals surface area (Å²) in [6.45, 7) is 4.30. The molecule has 0 saturated carbocycles. The highest BCUT2D eigenvalue weighted by Gasteiger charge is 2.18. The molecule has 0 heterocycles. The zero-order chi connectivity index (χ0) is 10.8. The van der Waals surface area contributed by atoms with Crippen LogP contribution in [0, 0.1) is 17.0 Å². The highest BCUT2D eigenvalue weighted by atomic mass is 19.1. The van der Waals surface area contributed by atoms with Crippen molar-refractivity contribution in [1.29, 1.82) is 0 Å². The van der Waals surface area contributed by atoms with E-state index in [4.69, 9.17) is 5.73 Å². The molecule has 3 heteroatoms. The van der Waals surface area contributed by atoms with E-state index in [1.165, 1.54) is 6.07 Å². The largest absolute Gasteiger partial charge is 0.330 e. The molecule has 0 aliphatic heterocycles. The predicted octanol–water partition coefficient (Wildman–Crippen LogP) is 2.49. The van der Waals surface area contributed by atoms with Crippen molar-refractivity contribution in [2.24, 2.45) is 11.1 Å². The van der Waals surface area contributed by atoms with E-state index in [2.05, 4.69) is 0 Å². The lowest BCUT2D eigenvalue weighted by molar-refractivity contribution is 0.369. The Labute approximate surface area is 82.9 Å². The molecule has 0 fully saturated rings. The summed E-state index contributed by atoms with van der Waals surface area (Å²) in [5, 5.41) is 0. The smallest absolute Gasteiger partial charge is 0.126 e. The van der Waals surface area contributed by atoms with Crippen LogP contribution in [0.3, 0.4) is 0 Å². The van der Waals surface area contributed by atoms with Gasteiger partial charge >= 0.3 is 0 Å². The van der Waals surface area contributed by atoms with E-state index < -0.39 is 5.82 Å². The normalized spacial score (nSPS) is 11.8. The van der Waals surface area contributed by atoms with Gasteiger partial charge in [-0.05, 0) is 42.1 Å². The molecule has 0 atom stereocenters. The highest BCUT2D eigenvalue weighted by Crippen LogP contribution is 2.22. The fourth-order valence-electron chi connectivity index (χ4n) is 1.27. The molecule has 0 aliphatic rings. The average Bonchev–Trinajstić information content (AvgIpc) is 2.11. The lowest BCUT2D eigenvalue weighted by Gasteiger charge is -2.22. The zero-order valence-corrected chi connectivity index (χ0v) is 8.48. The molecule has 78 valence electrons. The highest BCUT2D eigenvalue weighted by molar-refractivity contribution is 5.20. The first kappa shape index (κ1) is 11.1. The minimum Gasteiger partial charge on any atom is -0.330 e. The summed E-state index contributed by atoms with van der Waals surface area (Å²) in [6, 6.07) is 3.50. The maximum absolute atomic E-state index is 13.2. The van der Waals surface area contributed by atoms with E-state index in [0.717, 1.165) is 12.1 Å². The van der Waals surface area contributed by atoms with Crippen LogP contribution in [-0.2, 0) is 6.42 Å². The molecule has 0 saturated heterocycles. The van der Waals surface area contributed by atoms with E-state index in [1.54, 1.807) is 0 Å². The van der Waals surface area contributed by atoms with Crippen molar-refractivity contribution in [1.82, 2.24) is 0 Å². The van der Waals surface area contributed by atoms with Crippen molar-refractivity contribution in [2.45, 2.75) is 20.3 Å². The van der Waals surface area contributed by atoms with Gasteiger partial charge in [0.1, 0.15) is 11.6 Å². The SMILES string of the molecule is CC(C)(CN)Cc1cc(F)ccc1F. The first-order valence-electron chi connectivity index (χ1n) is 4.58.